The highest BCUT2D eigenvalue weighted by Gasteiger charge is 2.60. The van der Waals surface area contributed by atoms with E-state index in [9.17, 15) is 4.79 Å². The Hall–Kier alpha value is -1.80. The predicted molar refractivity (Wildman–Crippen MR) is 134 cm³/mol. The molecule has 1 heterocycles. The normalized spacial score (nSPS) is 39.2. The van der Waals surface area contributed by atoms with Crippen LogP contribution in [0, 0.1) is 34.5 Å². The molecule has 4 aliphatic carbocycles. The number of carbonyl (C=O) groups is 1. The Morgan fingerprint density at radius 1 is 1.00 bits per heavy atom. The lowest BCUT2D eigenvalue weighted by molar-refractivity contribution is -0.137. The van der Waals surface area contributed by atoms with Crippen molar-refractivity contribution in [2.75, 3.05) is 0 Å². The molecule has 33 heavy (non-hydrogen) atoms. The lowest BCUT2D eigenvalue weighted by atomic mass is 9.45. The Bertz CT molecular complexity index is 1110. The van der Waals surface area contributed by atoms with Crippen molar-refractivity contribution < 1.29 is 9.21 Å². The van der Waals surface area contributed by atoms with E-state index in [4.69, 9.17) is 16.0 Å². The quantitative estimate of drug-likeness (QED) is 0.418. The Morgan fingerprint density at radius 3 is 2.73 bits per heavy atom. The van der Waals surface area contributed by atoms with E-state index in [1.807, 2.05) is 42.5 Å². The first-order valence-electron chi connectivity index (χ1n) is 13.0. The number of benzene rings is 1. The number of hydrogen-bond acceptors (Lipinski definition) is 2. The van der Waals surface area contributed by atoms with E-state index >= 15 is 0 Å². The molecule has 4 fully saturated rings. The van der Waals surface area contributed by atoms with Crippen LogP contribution in [0.5, 0.6) is 0 Å². The molecule has 6 unspecified atom stereocenters. The number of fused-ring (bicyclic) bond motifs is 5. The number of carbonyl (C=O) groups excluding carboxylic acids is 1. The molecule has 0 radical (unpaired) electrons. The average molecular weight is 463 g/mol. The van der Waals surface area contributed by atoms with Gasteiger partial charge in [0.25, 0.3) is 0 Å². The molecule has 0 aliphatic heterocycles. The second-order valence-electron chi connectivity index (χ2n) is 11.8. The van der Waals surface area contributed by atoms with Gasteiger partial charge in [0.05, 0.1) is 0 Å². The molecule has 0 N–H and O–H groups in total. The van der Waals surface area contributed by atoms with Crippen molar-refractivity contribution in [2.45, 2.75) is 71.6 Å². The molecule has 4 saturated carbocycles. The standard InChI is InChI=1S/C30H35ClO2/c1-29-14-4-3-7-21(29)9-11-24-25(29)13-15-30(2)26(24)18-20(28(30)32)17-23-10-12-27(33-23)19-6-5-8-22(31)16-19/h5-6,8,10,12,16-17,21,24-26H,3-4,7,9,11,13-15,18H2,1-2H3/b20-17-. The van der Waals surface area contributed by atoms with Crippen LogP contribution in [0.15, 0.2) is 46.4 Å². The molecule has 1 aromatic heterocycles. The monoisotopic (exact) mass is 462 g/mol. The minimum Gasteiger partial charge on any atom is -0.457 e. The maximum atomic E-state index is 13.7. The van der Waals surface area contributed by atoms with E-state index in [1.54, 1.807) is 0 Å². The van der Waals surface area contributed by atoms with Crippen LogP contribution >= 0.6 is 11.6 Å². The second kappa shape index (κ2) is 7.87. The minimum atomic E-state index is -0.187. The Morgan fingerprint density at radius 2 is 1.88 bits per heavy atom. The highest BCUT2D eigenvalue weighted by Crippen LogP contribution is 2.66. The van der Waals surface area contributed by atoms with Crippen molar-refractivity contribution in [3.05, 3.63) is 52.8 Å². The summed E-state index contributed by atoms with van der Waals surface area (Å²) in [5.41, 5.74) is 2.26. The number of allylic oxidation sites excluding steroid dienone is 1. The van der Waals surface area contributed by atoms with Gasteiger partial charge in [-0.3, -0.25) is 4.79 Å². The molecule has 2 nitrogen and oxygen atoms in total. The van der Waals surface area contributed by atoms with E-state index in [1.165, 1.54) is 44.9 Å². The number of halogens is 1. The molecule has 4 aliphatic rings. The zero-order chi connectivity index (χ0) is 22.8. The number of furan rings is 1. The summed E-state index contributed by atoms with van der Waals surface area (Å²) >= 11 is 6.15. The fourth-order valence-corrected chi connectivity index (χ4v) is 8.68. The van der Waals surface area contributed by atoms with Crippen molar-refractivity contribution in [1.29, 1.82) is 0 Å². The molecule has 0 bridgehead atoms. The summed E-state index contributed by atoms with van der Waals surface area (Å²) in [5, 5.41) is 0.697. The van der Waals surface area contributed by atoms with Gasteiger partial charge in [-0.15, -0.1) is 0 Å². The third-order valence-electron chi connectivity index (χ3n) is 10.3. The first-order chi connectivity index (χ1) is 15.9. The van der Waals surface area contributed by atoms with Gasteiger partial charge in [0.1, 0.15) is 11.5 Å². The van der Waals surface area contributed by atoms with Crippen LogP contribution in [0.1, 0.15) is 77.4 Å². The van der Waals surface area contributed by atoms with Crippen LogP contribution in [-0.4, -0.2) is 5.78 Å². The van der Waals surface area contributed by atoms with Gasteiger partial charge in [0.2, 0.25) is 0 Å². The van der Waals surface area contributed by atoms with E-state index in [0.717, 1.165) is 47.3 Å². The number of ketones is 1. The Labute approximate surface area is 202 Å². The van der Waals surface area contributed by atoms with Gasteiger partial charge in [-0.1, -0.05) is 50.4 Å². The fourth-order valence-electron chi connectivity index (χ4n) is 8.49. The number of Topliss-reactive ketones (excluding diaryl/α,β-unsaturated/α-hetero) is 1. The predicted octanol–water partition coefficient (Wildman–Crippen LogP) is 8.60. The zero-order valence-corrected chi connectivity index (χ0v) is 20.7. The largest absolute Gasteiger partial charge is 0.457 e. The van der Waals surface area contributed by atoms with Crippen LogP contribution in [0.2, 0.25) is 5.02 Å². The highest BCUT2D eigenvalue weighted by molar-refractivity contribution is 6.30. The van der Waals surface area contributed by atoms with E-state index < -0.39 is 0 Å². The molecule has 0 amide bonds. The summed E-state index contributed by atoms with van der Waals surface area (Å²) in [6, 6.07) is 11.7. The number of rotatable bonds is 2. The van der Waals surface area contributed by atoms with Crippen molar-refractivity contribution in [3.8, 4) is 11.3 Å². The maximum absolute atomic E-state index is 13.7. The van der Waals surface area contributed by atoms with Crippen molar-refractivity contribution >= 4 is 23.5 Å². The molecule has 0 saturated heterocycles. The molecule has 6 atom stereocenters. The Balaban J connectivity index is 1.28. The number of hydrogen-bond donors (Lipinski definition) is 0. The van der Waals surface area contributed by atoms with Gasteiger partial charge in [-0.2, -0.15) is 0 Å². The van der Waals surface area contributed by atoms with Crippen molar-refractivity contribution in [1.82, 2.24) is 0 Å². The molecule has 2 aromatic rings. The van der Waals surface area contributed by atoms with E-state index in [2.05, 4.69) is 13.8 Å². The molecule has 3 heteroatoms. The third-order valence-corrected chi connectivity index (χ3v) is 10.5. The van der Waals surface area contributed by atoms with Gasteiger partial charge in [0, 0.05) is 16.0 Å². The first-order valence-corrected chi connectivity index (χ1v) is 13.4. The molecular formula is C30H35ClO2. The fraction of sp³-hybridized carbons (Fsp3) is 0.567. The van der Waals surface area contributed by atoms with Crippen molar-refractivity contribution in [2.24, 2.45) is 34.5 Å². The van der Waals surface area contributed by atoms with Crippen LogP contribution < -0.4 is 0 Å². The summed E-state index contributed by atoms with van der Waals surface area (Å²) in [5.74, 6) is 4.87. The summed E-state index contributed by atoms with van der Waals surface area (Å²) in [6.07, 6.45) is 13.6. The van der Waals surface area contributed by atoms with Gasteiger partial charge >= 0.3 is 0 Å². The SMILES string of the molecule is CC12CCC3C(CCC4CCCCC43C)C1C/C(=C/c1ccc(-c3cccc(Cl)c3)o1)C2=O. The van der Waals surface area contributed by atoms with E-state index in [0.29, 0.717) is 28.1 Å². The van der Waals surface area contributed by atoms with Crippen LogP contribution in [0.3, 0.4) is 0 Å². The zero-order valence-electron chi connectivity index (χ0n) is 19.9. The van der Waals surface area contributed by atoms with Gasteiger partial charge in [0.15, 0.2) is 5.78 Å². The average Bonchev–Trinajstić information content (AvgIpc) is 3.37. The molecular weight excluding hydrogens is 428 g/mol. The second-order valence-corrected chi connectivity index (χ2v) is 12.2. The first kappa shape index (κ1) is 21.7. The Kier molecular flexibility index (Phi) is 5.18. The summed E-state index contributed by atoms with van der Waals surface area (Å²) in [7, 11) is 0. The maximum Gasteiger partial charge on any atom is 0.165 e. The highest BCUT2D eigenvalue weighted by atomic mass is 35.5. The van der Waals surface area contributed by atoms with Crippen LogP contribution in [0.4, 0.5) is 0 Å². The topological polar surface area (TPSA) is 30.2 Å². The summed E-state index contributed by atoms with van der Waals surface area (Å²) < 4.78 is 6.13. The molecule has 1 aromatic carbocycles. The van der Waals surface area contributed by atoms with Crippen molar-refractivity contribution in [3.63, 3.8) is 0 Å². The van der Waals surface area contributed by atoms with Crippen LogP contribution in [0.25, 0.3) is 17.4 Å². The summed E-state index contributed by atoms with van der Waals surface area (Å²) in [4.78, 5) is 13.7. The van der Waals surface area contributed by atoms with Gasteiger partial charge in [-0.05, 0) is 110 Å². The molecule has 0 spiro atoms. The van der Waals surface area contributed by atoms with E-state index in [-0.39, 0.29) is 5.41 Å². The molecule has 174 valence electrons. The van der Waals surface area contributed by atoms with Gasteiger partial charge in [-0.25, -0.2) is 0 Å². The lowest BCUT2D eigenvalue weighted by Gasteiger charge is -2.59. The van der Waals surface area contributed by atoms with Crippen LogP contribution in [-0.2, 0) is 4.79 Å². The third kappa shape index (κ3) is 3.39. The van der Waals surface area contributed by atoms with Gasteiger partial charge < -0.3 is 4.42 Å². The lowest BCUT2D eigenvalue weighted by Crippen LogP contribution is -2.52. The minimum absolute atomic E-state index is 0.187. The smallest absolute Gasteiger partial charge is 0.165 e. The molecule has 6 rings (SSSR count). The summed E-state index contributed by atoms with van der Waals surface area (Å²) in [6.45, 7) is 4.87.